The lowest BCUT2D eigenvalue weighted by Gasteiger charge is -2.17. The second-order valence-corrected chi connectivity index (χ2v) is 6.17. The lowest BCUT2D eigenvalue weighted by Crippen LogP contribution is -2.34. The van der Waals surface area contributed by atoms with Gasteiger partial charge >= 0.3 is 0 Å². The van der Waals surface area contributed by atoms with Crippen LogP contribution in [-0.4, -0.2) is 24.9 Å². The van der Waals surface area contributed by atoms with Crippen molar-refractivity contribution in [1.82, 2.24) is 5.32 Å². The quantitative estimate of drug-likeness (QED) is 0.889. The maximum absolute atomic E-state index is 13.4. The summed E-state index contributed by atoms with van der Waals surface area (Å²) >= 11 is 0. The number of anilines is 1. The van der Waals surface area contributed by atoms with E-state index in [0.29, 0.717) is 13.0 Å². The first-order valence-electron chi connectivity index (χ1n) is 8.21. The van der Waals surface area contributed by atoms with Gasteiger partial charge < -0.3 is 10.2 Å². The summed E-state index contributed by atoms with van der Waals surface area (Å²) in [5.74, 6) is -3.48. The normalized spacial score (nSPS) is 16.8. The molecule has 0 aromatic heterocycles. The highest BCUT2D eigenvalue weighted by Gasteiger charge is 2.35. The van der Waals surface area contributed by atoms with E-state index in [9.17, 15) is 22.8 Å². The van der Waals surface area contributed by atoms with Crippen LogP contribution in [0.4, 0.5) is 18.9 Å². The predicted molar refractivity (Wildman–Crippen MR) is 89.9 cm³/mol. The van der Waals surface area contributed by atoms with E-state index in [1.165, 1.54) is 23.1 Å². The van der Waals surface area contributed by atoms with Gasteiger partial charge in [0.05, 0.1) is 5.92 Å². The lowest BCUT2D eigenvalue weighted by molar-refractivity contribution is -0.126. The molecule has 2 aromatic rings. The van der Waals surface area contributed by atoms with Gasteiger partial charge in [0.2, 0.25) is 11.8 Å². The van der Waals surface area contributed by atoms with Crippen LogP contribution >= 0.6 is 0 Å². The Balaban J connectivity index is 1.54. The Morgan fingerprint density at radius 2 is 1.81 bits per heavy atom. The smallest absolute Gasteiger partial charge is 0.227 e. The number of amides is 2. The van der Waals surface area contributed by atoms with E-state index in [-0.39, 0.29) is 36.3 Å². The third-order valence-electron chi connectivity index (χ3n) is 4.34. The lowest BCUT2D eigenvalue weighted by atomic mass is 10.1. The maximum Gasteiger partial charge on any atom is 0.227 e. The fourth-order valence-electron chi connectivity index (χ4n) is 2.91. The molecule has 1 aliphatic rings. The predicted octanol–water partition coefficient (Wildman–Crippen LogP) is 2.82. The van der Waals surface area contributed by atoms with E-state index in [0.717, 1.165) is 17.7 Å². The van der Waals surface area contributed by atoms with Crippen molar-refractivity contribution in [1.29, 1.82) is 0 Å². The Morgan fingerprint density at radius 1 is 1.08 bits per heavy atom. The van der Waals surface area contributed by atoms with Gasteiger partial charge in [-0.25, -0.2) is 13.2 Å². The van der Waals surface area contributed by atoms with E-state index >= 15 is 0 Å². The molecule has 1 saturated heterocycles. The second-order valence-electron chi connectivity index (χ2n) is 6.17. The van der Waals surface area contributed by atoms with Crippen molar-refractivity contribution in [2.24, 2.45) is 5.92 Å². The summed E-state index contributed by atoms with van der Waals surface area (Å²) in [4.78, 5) is 25.6. The molecule has 2 amide bonds. The van der Waals surface area contributed by atoms with E-state index < -0.39 is 17.6 Å². The fraction of sp³-hybridized carbons (Fsp3) is 0.263. The van der Waals surface area contributed by atoms with Crippen LogP contribution in [0.5, 0.6) is 0 Å². The zero-order valence-electron chi connectivity index (χ0n) is 13.8. The number of halogens is 3. The monoisotopic (exact) mass is 362 g/mol. The summed E-state index contributed by atoms with van der Waals surface area (Å²) in [5.41, 5.74) is 1.12. The molecule has 1 aliphatic heterocycles. The van der Waals surface area contributed by atoms with Gasteiger partial charge in [-0.2, -0.15) is 0 Å². The van der Waals surface area contributed by atoms with E-state index in [1.54, 1.807) is 12.1 Å². The standard InChI is InChI=1S/C19H17F3N2O2/c20-14-3-1-12(2-4-14)7-8-23-19(26)13-9-18(25)24(11-13)15-5-6-16(21)17(22)10-15/h1-6,10,13H,7-9,11H2,(H,23,26). The molecular weight excluding hydrogens is 345 g/mol. The van der Waals surface area contributed by atoms with Crippen LogP contribution in [0.2, 0.25) is 0 Å². The summed E-state index contributed by atoms with van der Waals surface area (Å²) in [6, 6.07) is 9.21. The average Bonchev–Trinajstić information content (AvgIpc) is 3.01. The van der Waals surface area contributed by atoms with Crippen LogP contribution in [0.15, 0.2) is 42.5 Å². The molecule has 0 bridgehead atoms. The molecule has 1 unspecified atom stereocenters. The van der Waals surface area contributed by atoms with Crippen molar-refractivity contribution >= 4 is 17.5 Å². The van der Waals surface area contributed by atoms with Crippen molar-refractivity contribution in [2.75, 3.05) is 18.0 Å². The van der Waals surface area contributed by atoms with E-state index in [4.69, 9.17) is 0 Å². The number of hydrogen-bond donors (Lipinski definition) is 1. The van der Waals surface area contributed by atoms with Crippen LogP contribution in [0.3, 0.4) is 0 Å². The third kappa shape index (κ3) is 4.04. The van der Waals surface area contributed by atoms with Crippen LogP contribution in [0.25, 0.3) is 0 Å². The second kappa shape index (κ2) is 7.59. The summed E-state index contributed by atoms with van der Waals surface area (Å²) in [6.45, 7) is 0.479. The molecule has 2 aromatic carbocycles. The molecule has 1 heterocycles. The Bertz CT molecular complexity index is 824. The minimum Gasteiger partial charge on any atom is -0.355 e. The van der Waals surface area contributed by atoms with Gasteiger partial charge in [0.1, 0.15) is 5.82 Å². The highest BCUT2D eigenvalue weighted by Crippen LogP contribution is 2.26. The van der Waals surface area contributed by atoms with Gasteiger partial charge in [-0.3, -0.25) is 9.59 Å². The molecule has 26 heavy (non-hydrogen) atoms. The van der Waals surface area contributed by atoms with Crippen molar-refractivity contribution in [2.45, 2.75) is 12.8 Å². The fourth-order valence-corrected chi connectivity index (χ4v) is 2.91. The molecule has 1 atom stereocenters. The first-order valence-corrected chi connectivity index (χ1v) is 8.21. The Kier molecular flexibility index (Phi) is 5.25. The molecule has 1 N–H and O–H groups in total. The Morgan fingerprint density at radius 3 is 2.50 bits per heavy atom. The minimum absolute atomic E-state index is 0.0153. The molecule has 1 fully saturated rings. The van der Waals surface area contributed by atoms with E-state index in [1.807, 2.05) is 0 Å². The largest absolute Gasteiger partial charge is 0.355 e. The molecule has 4 nitrogen and oxygen atoms in total. The molecule has 3 rings (SSSR count). The molecule has 0 spiro atoms. The molecule has 0 aliphatic carbocycles. The van der Waals surface area contributed by atoms with Gasteiger partial charge in [-0.1, -0.05) is 12.1 Å². The van der Waals surface area contributed by atoms with Crippen LogP contribution in [0, 0.1) is 23.4 Å². The highest BCUT2D eigenvalue weighted by atomic mass is 19.2. The summed E-state index contributed by atoms with van der Waals surface area (Å²) < 4.78 is 39.2. The maximum atomic E-state index is 13.4. The summed E-state index contributed by atoms with van der Waals surface area (Å²) in [7, 11) is 0. The molecule has 0 radical (unpaired) electrons. The van der Waals surface area contributed by atoms with Crippen LogP contribution < -0.4 is 10.2 Å². The van der Waals surface area contributed by atoms with Crippen molar-refractivity contribution in [3.8, 4) is 0 Å². The third-order valence-corrected chi connectivity index (χ3v) is 4.34. The first kappa shape index (κ1) is 18.0. The number of nitrogens with zero attached hydrogens (tertiary/aromatic N) is 1. The zero-order chi connectivity index (χ0) is 18.7. The van der Waals surface area contributed by atoms with Gasteiger partial charge in [0.15, 0.2) is 11.6 Å². The molecule has 136 valence electrons. The van der Waals surface area contributed by atoms with Crippen molar-refractivity contribution < 1.29 is 22.8 Å². The number of carbonyl (C=O) groups excluding carboxylic acids is 2. The zero-order valence-corrected chi connectivity index (χ0v) is 13.8. The average molecular weight is 362 g/mol. The Labute approximate surface area is 148 Å². The van der Waals surface area contributed by atoms with Gasteiger partial charge in [0.25, 0.3) is 0 Å². The van der Waals surface area contributed by atoms with Gasteiger partial charge in [-0.05, 0) is 36.2 Å². The number of nitrogens with one attached hydrogen (secondary N) is 1. The summed E-state index contributed by atoms with van der Waals surface area (Å²) in [6.07, 6.45) is 0.556. The number of hydrogen-bond acceptors (Lipinski definition) is 2. The number of carbonyl (C=O) groups is 2. The highest BCUT2D eigenvalue weighted by molar-refractivity contribution is 6.00. The van der Waals surface area contributed by atoms with Crippen LogP contribution in [-0.2, 0) is 16.0 Å². The molecule has 0 saturated carbocycles. The molecule has 7 heteroatoms. The topological polar surface area (TPSA) is 49.4 Å². The van der Waals surface area contributed by atoms with Crippen molar-refractivity contribution in [3.05, 3.63) is 65.5 Å². The molecular formula is C19H17F3N2O2. The van der Waals surface area contributed by atoms with Crippen LogP contribution in [0.1, 0.15) is 12.0 Å². The first-order chi connectivity index (χ1) is 12.4. The van der Waals surface area contributed by atoms with Gasteiger partial charge in [-0.15, -0.1) is 0 Å². The van der Waals surface area contributed by atoms with Crippen molar-refractivity contribution in [3.63, 3.8) is 0 Å². The minimum atomic E-state index is -1.04. The Hall–Kier alpha value is -2.83. The van der Waals surface area contributed by atoms with E-state index in [2.05, 4.69) is 5.32 Å². The number of benzene rings is 2. The summed E-state index contributed by atoms with van der Waals surface area (Å²) in [5, 5.41) is 2.76. The number of rotatable bonds is 5. The SMILES string of the molecule is O=C(NCCc1ccc(F)cc1)C1CC(=O)N(c2ccc(F)c(F)c2)C1. The van der Waals surface area contributed by atoms with Gasteiger partial charge in [0, 0.05) is 31.3 Å².